The Morgan fingerprint density at radius 2 is 1.71 bits per heavy atom. The molecule has 0 aromatic heterocycles. The number of nitrogens with one attached hydrogen (secondary N) is 1. The topological polar surface area (TPSA) is 32.3 Å². The maximum Gasteiger partial charge on any atom is 0.317 e. The van der Waals surface area contributed by atoms with Crippen LogP contribution in [-0.4, -0.2) is 24.0 Å². The summed E-state index contributed by atoms with van der Waals surface area (Å²) in [5.41, 5.74) is 0.892. The van der Waals surface area contributed by atoms with Crippen molar-refractivity contribution in [3.63, 3.8) is 0 Å². The first-order valence-corrected chi connectivity index (χ1v) is 6.30. The van der Waals surface area contributed by atoms with Gasteiger partial charge >= 0.3 is 6.03 Å². The third-order valence-electron chi connectivity index (χ3n) is 2.42. The molecule has 0 aliphatic carbocycles. The third kappa shape index (κ3) is 4.44. The van der Waals surface area contributed by atoms with Gasteiger partial charge in [-0.2, -0.15) is 0 Å². The second-order valence-corrected chi connectivity index (χ2v) is 4.48. The fourth-order valence-electron chi connectivity index (χ4n) is 1.51. The van der Waals surface area contributed by atoms with Gasteiger partial charge in [-0.25, -0.2) is 4.79 Å². The van der Waals surface area contributed by atoms with Gasteiger partial charge in [0.15, 0.2) is 0 Å². The highest BCUT2D eigenvalue weighted by Crippen LogP contribution is 2.18. The van der Waals surface area contributed by atoms with E-state index in [1.54, 1.807) is 23.1 Å². The first kappa shape index (κ1) is 14.1. The van der Waals surface area contributed by atoms with E-state index in [1.165, 1.54) is 0 Å². The van der Waals surface area contributed by atoms with Crippen LogP contribution in [0.15, 0.2) is 18.2 Å². The minimum absolute atomic E-state index is 0.0777. The summed E-state index contributed by atoms with van der Waals surface area (Å²) in [4.78, 5) is 13.4. The summed E-state index contributed by atoms with van der Waals surface area (Å²) in [5.74, 6) is 0. The van der Waals surface area contributed by atoms with Crippen LogP contribution in [0.5, 0.6) is 0 Å². The number of urea groups is 1. The van der Waals surface area contributed by atoms with Gasteiger partial charge in [-0.1, -0.05) is 23.2 Å². The number of halogens is 2. The van der Waals surface area contributed by atoms with Gasteiger partial charge in [0.25, 0.3) is 0 Å². The van der Waals surface area contributed by atoms with Gasteiger partial charge in [-0.15, -0.1) is 0 Å². The van der Waals surface area contributed by atoms with Crippen LogP contribution in [0.3, 0.4) is 0 Å². The Labute approximate surface area is 112 Å². The van der Waals surface area contributed by atoms with Crippen LogP contribution < -0.4 is 5.32 Å². The molecule has 1 N–H and O–H groups in total. The van der Waals surface area contributed by atoms with E-state index in [-0.39, 0.29) is 6.03 Å². The van der Waals surface area contributed by atoms with Crippen molar-refractivity contribution in [1.29, 1.82) is 0 Å². The Bertz CT molecular complexity index is 372. The molecule has 0 unspecified atom stereocenters. The molecule has 0 atom stereocenters. The maximum atomic E-state index is 11.7. The number of rotatable bonds is 4. The molecule has 0 aliphatic rings. The number of hydrogen-bond acceptors (Lipinski definition) is 1. The highest BCUT2D eigenvalue weighted by Gasteiger charge is 2.08. The van der Waals surface area contributed by atoms with Crippen molar-refractivity contribution in [3.8, 4) is 0 Å². The molecule has 0 radical (unpaired) electrons. The summed E-state index contributed by atoms with van der Waals surface area (Å²) < 4.78 is 0. The molecular weight excluding hydrogens is 259 g/mol. The second kappa shape index (κ2) is 6.72. The van der Waals surface area contributed by atoms with Crippen molar-refractivity contribution in [2.75, 3.05) is 13.1 Å². The molecule has 0 bridgehead atoms. The third-order valence-corrected chi connectivity index (χ3v) is 2.85. The molecule has 0 heterocycles. The average Bonchev–Trinajstić information content (AvgIpc) is 2.27. The summed E-state index contributed by atoms with van der Waals surface area (Å²) in [7, 11) is 0. The smallest absolute Gasteiger partial charge is 0.317 e. The van der Waals surface area contributed by atoms with E-state index in [0.29, 0.717) is 29.7 Å². The molecule has 94 valence electrons. The van der Waals surface area contributed by atoms with Gasteiger partial charge in [0, 0.05) is 29.7 Å². The summed E-state index contributed by atoms with van der Waals surface area (Å²) in [6, 6.07) is 5.16. The van der Waals surface area contributed by atoms with Crippen molar-refractivity contribution >= 4 is 29.2 Å². The number of amides is 2. The molecule has 0 aliphatic heterocycles. The Morgan fingerprint density at radius 3 is 2.18 bits per heavy atom. The van der Waals surface area contributed by atoms with Crippen molar-refractivity contribution < 1.29 is 4.79 Å². The Morgan fingerprint density at radius 1 is 1.18 bits per heavy atom. The lowest BCUT2D eigenvalue weighted by Crippen LogP contribution is -2.39. The van der Waals surface area contributed by atoms with Crippen LogP contribution in [0.1, 0.15) is 19.4 Å². The van der Waals surface area contributed by atoms with Gasteiger partial charge in [0.05, 0.1) is 0 Å². The number of benzene rings is 1. The molecular formula is C12H16Cl2N2O. The molecule has 17 heavy (non-hydrogen) atoms. The Hall–Kier alpha value is -0.930. The number of carbonyl (C=O) groups excluding carboxylic acids is 1. The number of nitrogens with zero attached hydrogens (tertiary/aromatic N) is 1. The van der Waals surface area contributed by atoms with E-state index in [9.17, 15) is 4.79 Å². The highest BCUT2D eigenvalue weighted by molar-refractivity contribution is 6.34. The van der Waals surface area contributed by atoms with Gasteiger partial charge in [-0.05, 0) is 37.6 Å². The van der Waals surface area contributed by atoms with E-state index < -0.39 is 0 Å². The van der Waals surface area contributed by atoms with E-state index in [1.807, 2.05) is 13.8 Å². The normalized spacial score (nSPS) is 10.1. The van der Waals surface area contributed by atoms with Crippen molar-refractivity contribution in [2.45, 2.75) is 20.4 Å². The van der Waals surface area contributed by atoms with Gasteiger partial charge < -0.3 is 10.2 Å². The zero-order valence-corrected chi connectivity index (χ0v) is 11.5. The molecule has 5 heteroatoms. The SMILES string of the molecule is CCN(CC)C(=O)NCc1cc(Cl)cc(Cl)c1. The van der Waals surface area contributed by atoms with Crippen molar-refractivity contribution in [2.24, 2.45) is 0 Å². The van der Waals surface area contributed by atoms with Gasteiger partial charge in [0.1, 0.15) is 0 Å². The molecule has 0 saturated carbocycles. The summed E-state index contributed by atoms with van der Waals surface area (Å²) in [5, 5.41) is 3.97. The summed E-state index contributed by atoms with van der Waals surface area (Å²) in [6.07, 6.45) is 0. The molecule has 1 aromatic carbocycles. The van der Waals surface area contributed by atoms with E-state index in [0.717, 1.165) is 5.56 Å². The maximum absolute atomic E-state index is 11.7. The zero-order valence-electron chi connectivity index (χ0n) is 9.96. The summed E-state index contributed by atoms with van der Waals surface area (Å²) in [6.45, 7) is 5.70. The number of carbonyl (C=O) groups is 1. The molecule has 2 amide bonds. The zero-order chi connectivity index (χ0) is 12.8. The van der Waals surface area contributed by atoms with Crippen LogP contribution in [0.4, 0.5) is 4.79 Å². The van der Waals surface area contributed by atoms with Gasteiger partial charge in [0.2, 0.25) is 0 Å². The molecule has 0 spiro atoms. The molecule has 0 fully saturated rings. The average molecular weight is 275 g/mol. The standard InChI is InChI=1S/C12H16Cl2N2O/c1-3-16(4-2)12(17)15-8-9-5-10(13)7-11(14)6-9/h5-7H,3-4,8H2,1-2H3,(H,15,17). The van der Waals surface area contributed by atoms with Crippen LogP contribution in [0.2, 0.25) is 10.0 Å². The van der Waals surface area contributed by atoms with Crippen LogP contribution in [0, 0.1) is 0 Å². The number of hydrogen-bond donors (Lipinski definition) is 1. The minimum Gasteiger partial charge on any atom is -0.334 e. The van der Waals surface area contributed by atoms with E-state index in [4.69, 9.17) is 23.2 Å². The second-order valence-electron chi connectivity index (χ2n) is 3.61. The first-order valence-electron chi connectivity index (χ1n) is 5.54. The van der Waals surface area contributed by atoms with Gasteiger partial charge in [-0.3, -0.25) is 0 Å². The molecule has 1 rings (SSSR count). The molecule has 3 nitrogen and oxygen atoms in total. The lowest BCUT2D eigenvalue weighted by Gasteiger charge is -2.19. The summed E-state index contributed by atoms with van der Waals surface area (Å²) >= 11 is 11.7. The van der Waals surface area contributed by atoms with E-state index in [2.05, 4.69) is 5.32 Å². The monoisotopic (exact) mass is 274 g/mol. The lowest BCUT2D eigenvalue weighted by molar-refractivity contribution is 0.203. The molecule has 1 aromatic rings. The van der Waals surface area contributed by atoms with Crippen LogP contribution >= 0.6 is 23.2 Å². The largest absolute Gasteiger partial charge is 0.334 e. The lowest BCUT2D eigenvalue weighted by atomic mass is 10.2. The Kier molecular flexibility index (Phi) is 5.59. The molecule has 0 saturated heterocycles. The predicted octanol–water partition coefficient (Wildman–Crippen LogP) is 3.54. The Balaban J connectivity index is 2.58. The fourth-order valence-corrected chi connectivity index (χ4v) is 2.08. The van der Waals surface area contributed by atoms with E-state index >= 15 is 0 Å². The van der Waals surface area contributed by atoms with Crippen molar-refractivity contribution in [1.82, 2.24) is 10.2 Å². The highest BCUT2D eigenvalue weighted by atomic mass is 35.5. The quantitative estimate of drug-likeness (QED) is 0.895. The van der Waals surface area contributed by atoms with Crippen molar-refractivity contribution in [3.05, 3.63) is 33.8 Å². The fraction of sp³-hybridized carbons (Fsp3) is 0.417. The first-order chi connectivity index (χ1) is 8.06. The van der Waals surface area contributed by atoms with Crippen LogP contribution in [0.25, 0.3) is 0 Å². The predicted molar refractivity (Wildman–Crippen MR) is 71.6 cm³/mol. The van der Waals surface area contributed by atoms with Crippen LogP contribution in [-0.2, 0) is 6.54 Å². The minimum atomic E-state index is -0.0777.